The van der Waals surface area contributed by atoms with Gasteiger partial charge in [-0.05, 0) is 12.8 Å². The Hall–Kier alpha value is -1.47. The summed E-state index contributed by atoms with van der Waals surface area (Å²) in [5.41, 5.74) is 4.96. The van der Waals surface area contributed by atoms with Crippen LogP contribution >= 0.6 is 0 Å². The minimum Gasteiger partial charge on any atom is -0.476 e. The number of aromatic nitrogens is 3. The Labute approximate surface area is 105 Å². The predicted molar refractivity (Wildman–Crippen MR) is 62.9 cm³/mol. The lowest BCUT2D eigenvalue weighted by atomic mass is 9.85. The number of carboxylic acids is 1. The second kappa shape index (κ2) is 5.03. The van der Waals surface area contributed by atoms with Gasteiger partial charge >= 0.3 is 5.97 Å². The van der Waals surface area contributed by atoms with Gasteiger partial charge in [-0.1, -0.05) is 24.5 Å². The second-order valence-corrected chi connectivity index (χ2v) is 4.84. The zero-order chi connectivity index (χ0) is 13.2. The fourth-order valence-electron chi connectivity index (χ4n) is 2.47. The summed E-state index contributed by atoms with van der Waals surface area (Å²) in [6.45, 7) is 0.310. The standard InChI is InChI=1S/C11H18N4O3/c12-6-8-9(10(16)17)13-14-15(8)7-11(18)4-2-1-3-5-11/h18H,1-7,12H2,(H,16,17). The predicted octanol–water partition coefficient (Wildman–Crippen LogP) is 0.130. The van der Waals surface area contributed by atoms with E-state index in [1.165, 1.54) is 4.68 Å². The average molecular weight is 254 g/mol. The number of hydrogen-bond donors (Lipinski definition) is 3. The van der Waals surface area contributed by atoms with Crippen LogP contribution in [0.2, 0.25) is 0 Å². The van der Waals surface area contributed by atoms with Crippen molar-refractivity contribution in [2.75, 3.05) is 0 Å². The largest absolute Gasteiger partial charge is 0.476 e. The van der Waals surface area contributed by atoms with Gasteiger partial charge in [-0.15, -0.1) is 5.10 Å². The quantitative estimate of drug-likeness (QED) is 0.703. The van der Waals surface area contributed by atoms with Crippen LogP contribution in [0.3, 0.4) is 0 Å². The number of aromatic carboxylic acids is 1. The number of rotatable bonds is 4. The molecule has 1 saturated carbocycles. The van der Waals surface area contributed by atoms with E-state index in [4.69, 9.17) is 10.8 Å². The third-order valence-electron chi connectivity index (χ3n) is 3.46. The van der Waals surface area contributed by atoms with Crippen LogP contribution in [0.1, 0.15) is 48.3 Å². The van der Waals surface area contributed by atoms with E-state index in [-0.39, 0.29) is 18.8 Å². The molecule has 1 aromatic rings. The number of hydrogen-bond acceptors (Lipinski definition) is 5. The summed E-state index contributed by atoms with van der Waals surface area (Å²) in [7, 11) is 0. The van der Waals surface area contributed by atoms with E-state index in [1.807, 2.05) is 0 Å². The lowest BCUT2D eigenvalue weighted by Crippen LogP contribution is -2.37. The van der Waals surface area contributed by atoms with Gasteiger partial charge in [-0.25, -0.2) is 9.48 Å². The molecule has 1 aliphatic carbocycles. The van der Waals surface area contributed by atoms with Crippen molar-refractivity contribution in [1.82, 2.24) is 15.0 Å². The molecule has 0 atom stereocenters. The minimum absolute atomic E-state index is 0.0463. The summed E-state index contributed by atoms with van der Waals surface area (Å²) in [5.74, 6) is -1.14. The lowest BCUT2D eigenvalue weighted by molar-refractivity contribution is -0.0153. The summed E-state index contributed by atoms with van der Waals surface area (Å²) in [6.07, 6.45) is 4.51. The summed E-state index contributed by atoms with van der Waals surface area (Å²) >= 11 is 0. The molecule has 1 aliphatic rings. The molecule has 18 heavy (non-hydrogen) atoms. The maximum absolute atomic E-state index is 10.9. The molecule has 7 nitrogen and oxygen atoms in total. The number of carboxylic acid groups (broad SMARTS) is 1. The average Bonchev–Trinajstić information content (AvgIpc) is 2.72. The highest BCUT2D eigenvalue weighted by Crippen LogP contribution is 2.29. The van der Waals surface area contributed by atoms with Crippen LogP contribution in [-0.4, -0.2) is 36.8 Å². The third-order valence-corrected chi connectivity index (χ3v) is 3.46. The molecule has 1 fully saturated rings. The Bertz CT molecular complexity index is 437. The molecule has 0 unspecified atom stereocenters. The maximum atomic E-state index is 10.9. The molecule has 7 heteroatoms. The zero-order valence-corrected chi connectivity index (χ0v) is 10.2. The number of carbonyl (C=O) groups is 1. The van der Waals surface area contributed by atoms with Gasteiger partial charge in [0.15, 0.2) is 5.69 Å². The van der Waals surface area contributed by atoms with E-state index < -0.39 is 11.6 Å². The first-order chi connectivity index (χ1) is 8.56. The van der Waals surface area contributed by atoms with E-state index in [0.29, 0.717) is 18.5 Å². The van der Waals surface area contributed by atoms with Crippen molar-refractivity contribution in [1.29, 1.82) is 0 Å². The Morgan fingerprint density at radius 2 is 2.06 bits per heavy atom. The molecule has 0 bridgehead atoms. The highest BCUT2D eigenvalue weighted by Gasteiger charge is 2.31. The molecule has 1 heterocycles. The first-order valence-corrected chi connectivity index (χ1v) is 6.14. The maximum Gasteiger partial charge on any atom is 0.358 e. The molecule has 2 rings (SSSR count). The van der Waals surface area contributed by atoms with Crippen molar-refractivity contribution < 1.29 is 15.0 Å². The Balaban J connectivity index is 2.20. The van der Waals surface area contributed by atoms with E-state index in [9.17, 15) is 9.90 Å². The van der Waals surface area contributed by atoms with E-state index in [1.54, 1.807) is 0 Å². The monoisotopic (exact) mass is 254 g/mol. The van der Waals surface area contributed by atoms with Gasteiger partial charge in [-0.2, -0.15) is 0 Å². The van der Waals surface area contributed by atoms with Crippen LogP contribution in [0.15, 0.2) is 0 Å². The van der Waals surface area contributed by atoms with Crippen molar-refractivity contribution in [2.45, 2.75) is 50.8 Å². The molecule has 100 valence electrons. The van der Waals surface area contributed by atoms with Gasteiger partial charge < -0.3 is 15.9 Å². The minimum atomic E-state index is -1.14. The van der Waals surface area contributed by atoms with Crippen LogP contribution in [0.25, 0.3) is 0 Å². The normalized spacial score (nSPS) is 18.8. The summed E-state index contributed by atoms with van der Waals surface area (Å²) in [4.78, 5) is 10.9. The van der Waals surface area contributed by atoms with Crippen molar-refractivity contribution in [2.24, 2.45) is 5.73 Å². The van der Waals surface area contributed by atoms with Gasteiger partial charge in [0.1, 0.15) is 0 Å². The van der Waals surface area contributed by atoms with E-state index >= 15 is 0 Å². The summed E-state index contributed by atoms with van der Waals surface area (Å²) in [5, 5.41) is 26.8. The highest BCUT2D eigenvalue weighted by molar-refractivity contribution is 5.86. The summed E-state index contributed by atoms with van der Waals surface area (Å²) in [6, 6.07) is 0. The Morgan fingerprint density at radius 1 is 1.39 bits per heavy atom. The van der Waals surface area contributed by atoms with Crippen molar-refractivity contribution in [3.05, 3.63) is 11.4 Å². The van der Waals surface area contributed by atoms with Crippen LogP contribution in [-0.2, 0) is 13.1 Å². The van der Waals surface area contributed by atoms with Crippen molar-refractivity contribution in [3.63, 3.8) is 0 Å². The van der Waals surface area contributed by atoms with Gasteiger partial charge in [0.2, 0.25) is 0 Å². The fraction of sp³-hybridized carbons (Fsp3) is 0.727. The van der Waals surface area contributed by atoms with Gasteiger partial charge in [-0.3, -0.25) is 0 Å². The number of nitrogens with zero attached hydrogens (tertiary/aromatic N) is 3. The molecule has 0 spiro atoms. The molecule has 0 radical (unpaired) electrons. The number of aliphatic hydroxyl groups is 1. The van der Waals surface area contributed by atoms with E-state index in [2.05, 4.69) is 10.3 Å². The van der Waals surface area contributed by atoms with Crippen LogP contribution < -0.4 is 5.73 Å². The smallest absolute Gasteiger partial charge is 0.358 e. The first kappa shape index (κ1) is 13.0. The lowest BCUT2D eigenvalue weighted by Gasteiger charge is -2.32. The molecule has 4 N–H and O–H groups in total. The van der Waals surface area contributed by atoms with Crippen LogP contribution in [0, 0.1) is 0 Å². The third kappa shape index (κ3) is 2.51. The van der Waals surface area contributed by atoms with Crippen molar-refractivity contribution in [3.8, 4) is 0 Å². The van der Waals surface area contributed by atoms with Gasteiger partial charge in [0, 0.05) is 6.54 Å². The highest BCUT2D eigenvalue weighted by atomic mass is 16.4. The van der Waals surface area contributed by atoms with Gasteiger partial charge in [0.05, 0.1) is 17.8 Å². The molecular formula is C11H18N4O3. The topological polar surface area (TPSA) is 114 Å². The van der Waals surface area contributed by atoms with E-state index in [0.717, 1.165) is 19.3 Å². The van der Waals surface area contributed by atoms with Crippen LogP contribution in [0.4, 0.5) is 0 Å². The Kier molecular flexibility index (Phi) is 3.63. The SMILES string of the molecule is NCc1c(C(=O)O)nnn1CC1(O)CCCCC1. The number of nitrogens with two attached hydrogens (primary N) is 1. The molecule has 1 aromatic heterocycles. The van der Waals surface area contributed by atoms with Gasteiger partial charge in [0.25, 0.3) is 0 Å². The first-order valence-electron chi connectivity index (χ1n) is 6.14. The molecular weight excluding hydrogens is 236 g/mol. The summed E-state index contributed by atoms with van der Waals surface area (Å²) < 4.78 is 1.43. The Morgan fingerprint density at radius 3 is 2.61 bits per heavy atom. The zero-order valence-electron chi connectivity index (χ0n) is 10.2. The molecule has 0 aromatic carbocycles. The van der Waals surface area contributed by atoms with Crippen molar-refractivity contribution >= 4 is 5.97 Å². The fourth-order valence-corrected chi connectivity index (χ4v) is 2.47. The second-order valence-electron chi connectivity index (χ2n) is 4.84. The molecule has 0 amide bonds. The molecule has 0 aliphatic heterocycles. The molecule has 0 saturated heterocycles. The van der Waals surface area contributed by atoms with Crippen LogP contribution in [0.5, 0.6) is 0 Å².